The molecule has 1 amide bonds. The predicted molar refractivity (Wildman–Crippen MR) is 119 cm³/mol. The molecule has 0 saturated heterocycles. The van der Waals surface area contributed by atoms with E-state index < -0.39 is 10.0 Å². The normalized spacial score (nSPS) is 10.9. The Morgan fingerprint density at radius 2 is 1.58 bits per heavy atom. The van der Waals surface area contributed by atoms with E-state index in [4.69, 9.17) is 9.47 Å². The number of anilines is 1. The van der Waals surface area contributed by atoms with E-state index in [-0.39, 0.29) is 10.8 Å². The average Bonchev–Trinajstić information content (AvgIpc) is 2.79. The number of para-hydroxylation sites is 3. The summed E-state index contributed by atoms with van der Waals surface area (Å²) in [6.07, 6.45) is 0. The third kappa shape index (κ3) is 5.76. The second-order valence-corrected chi connectivity index (χ2v) is 8.40. The lowest BCUT2D eigenvalue weighted by Gasteiger charge is -2.18. The minimum atomic E-state index is -3.83. The van der Waals surface area contributed by atoms with Crippen molar-refractivity contribution in [2.75, 3.05) is 32.0 Å². The fraction of sp³-hybridized carbons (Fsp3) is 0.174. The molecule has 1 N–H and O–H groups in total. The molecule has 8 heteroatoms. The van der Waals surface area contributed by atoms with Crippen LogP contribution in [0.2, 0.25) is 0 Å². The summed E-state index contributed by atoms with van der Waals surface area (Å²) in [5.74, 6) is 0.927. The van der Waals surface area contributed by atoms with Crippen molar-refractivity contribution in [3.8, 4) is 11.5 Å². The van der Waals surface area contributed by atoms with Crippen molar-refractivity contribution in [1.82, 2.24) is 4.90 Å². The maximum atomic E-state index is 12.7. The smallest absolute Gasteiger partial charge is 0.262 e. The number of rotatable bonds is 9. The van der Waals surface area contributed by atoms with Gasteiger partial charge in [-0.25, -0.2) is 8.42 Å². The van der Waals surface area contributed by atoms with Crippen LogP contribution in [0.1, 0.15) is 10.4 Å². The molecule has 0 saturated carbocycles. The molecule has 0 aromatic heterocycles. The Kier molecular flexibility index (Phi) is 7.15. The van der Waals surface area contributed by atoms with Gasteiger partial charge < -0.3 is 14.4 Å². The summed E-state index contributed by atoms with van der Waals surface area (Å²) < 4.78 is 38.7. The quantitative estimate of drug-likeness (QED) is 0.549. The Hall–Kier alpha value is -3.52. The van der Waals surface area contributed by atoms with Crippen LogP contribution in [0.5, 0.6) is 11.5 Å². The Bertz CT molecular complexity index is 1120. The number of hydrogen-bond donors (Lipinski definition) is 1. The number of amides is 1. The average molecular weight is 441 g/mol. The number of ether oxygens (including phenoxy) is 2. The van der Waals surface area contributed by atoms with E-state index in [9.17, 15) is 13.2 Å². The zero-order chi connectivity index (χ0) is 22.3. The van der Waals surface area contributed by atoms with Gasteiger partial charge in [0.1, 0.15) is 18.1 Å². The Balaban J connectivity index is 1.62. The zero-order valence-corrected chi connectivity index (χ0v) is 18.1. The number of likely N-dealkylation sites (N-methyl/N-ethyl adjacent to an activating group) is 1. The number of nitrogens with zero attached hydrogens (tertiary/aromatic N) is 1. The highest BCUT2D eigenvalue weighted by molar-refractivity contribution is 7.92. The summed E-state index contributed by atoms with van der Waals surface area (Å²) in [5.41, 5.74) is 0.724. The molecular formula is C23H24N2O5S. The van der Waals surface area contributed by atoms with Crippen molar-refractivity contribution in [1.29, 1.82) is 0 Å². The Morgan fingerprint density at radius 3 is 2.26 bits per heavy atom. The highest BCUT2D eigenvalue weighted by atomic mass is 32.2. The van der Waals surface area contributed by atoms with Gasteiger partial charge in [0, 0.05) is 12.6 Å². The standard InChI is InChI=1S/C23H24N2O5S/c1-25(16-17-30-19-8-4-3-5-9-19)23(26)18-12-14-20(15-13-18)31(27,28)24-21-10-6-7-11-22(21)29-2/h3-15,24H,16-17H2,1-2H3. The van der Waals surface area contributed by atoms with Crippen LogP contribution in [0.3, 0.4) is 0 Å². The van der Waals surface area contributed by atoms with Crippen LogP contribution in [0.15, 0.2) is 83.8 Å². The van der Waals surface area contributed by atoms with Gasteiger partial charge >= 0.3 is 0 Å². The molecule has 0 fully saturated rings. The van der Waals surface area contributed by atoms with Gasteiger partial charge in [-0.3, -0.25) is 9.52 Å². The van der Waals surface area contributed by atoms with E-state index in [1.807, 2.05) is 30.3 Å². The Labute approximate surface area is 182 Å². The molecule has 0 heterocycles. The van der Waals surface area contributed by atoms with Gasteiger partial charge in [-0.1, -0.05) is 30.3 Å². The maximum Gasteiger partial charge on any atom is 0.262 e. The number of sulfonamides is 1. The van der Waals surface area contributed by atoms with Crippen LogP contribution < -0.4 is 14.2 Å². The molecule has 0 bridgehead atoms. The molecule has 3 rings (SSSR count). The fourth-order valence-corrected chi connectivity index (χ4v) is 3.92. The SMILES string of the molecule is COc1ccccc1NS(=O)(=O)c1ccc(C(=O)N(C)CCOc2ccccc2)cc1. The van der Waals surface area contributed by atoms with Crippen molar-refractivity contribution in [3.05, 3.63) is 84.4 Å². The van der Waals surface area contributed by atoms with Gasteiger partial charge in [0.25, 0.3) is 15.9 Å². The number of hydrogen-bond acceptors (Lipinski definition) is 5. The second kappa shape index (κ2) is 9.99. The summed E-state index contributed by atoms with van der Waals surface area (Å²) in [5, 5.41) is 0. The van der Waals surface area contributed by atoms with Gasteiger partial charge in [-0.05, 0) is 48.5 Å². The number of nitrogens with one attached hydrogen (secondary N) is 1. The first-order valence-corrected chi connectivity index (χ1v) is 11.1. The fourth-order valence-electron chi connectivity index (χ4n) is 2.85. The molecule has 31 heavy (non-hydrogen) atoms. The Morgan fingerprint density at radius 1 is 0.935 bits per heavy atom. The highest BCUT2D eigenvalue weighted by Crippen LogP contribution is 2.26. The summed E-state index contributed by atoms with van der Waals surface area (Å²) in [7, 11) is -0.690. The van der Waals surface area contributed by atoms with Crippen LogP contribution in [0, 0.1) is 0 Å². The molecule has 3 aromatic carbocycles. The maximum absolute atomic E-state index is 12.7. The third-order valence-electron chi connectivity index (χ3n) is 4.55. The van der Waals surface area contributed by atoms with E-state index in [0.717, 1.165) is 5.75 Å². The topological polar surface area (TPSA) is 84.9 Å². The van der Waals surface area contributed by atoms with E-state index in [2.05, 4.69) is 4.72 Å². The number of benzene rings is 3. The molecule has 0 spiro atoms. The molecule has 0 aliphatic rings. The van der Waals surface area contributed by atoms with Gasteiger partial charge in [-0.2, -0.15) is 0 Å². The van der Waals surface area contributed by atoms with Gasteiger partial charge in [0.05, 0.1) is 24.2 Å². The first-order valence-electron chi connectivity index (χ1n) is 9.60. The molecule has 162 valence electrons. The molecule has 0 radical (unpaired) electrons. The first kappa shape index (κ1) is 22.2. The summed E-state index contributed by atoms with van der Waals surface area (Å²) >= 11 is 0. The lowest BCUT2D eigenvalue weighted by Crippen LogP contribution is -2.30. The molecule has 7 nitrogen and oxygen atoms in total. The van der Waals surface area contributed by atoms with Crippen molar-refractivity contribution >= 4 is 21.6 Å². The van der Waals surface area contributed by atoms with Crippen LogP contribution in [0.4, 0.5) is 5.69 Å². The van der Waals surface area contributed by atoms with Crippen LogP contribution in [0.25, 0.3) is 0 Å². The van der Waals surface area contributed by atoms with Crippen molar-refractivity contribution in [3.63, 3.8) is 0 Å². The van der Waals surface area contributed by atoms with E-state index >= 15 is 0 Å². The van der Waals surface area contributed by atoms with E-state index in [1.165, 1.54) is 36.3 Å². The minimum Gasteiger partial charge on any atom is -0.495 e. The first-order chi connectivity index (χ1) is 14.9. The molecule has 0 aliphatic heterocycles. The number of carbonyl (C=O) groups is 1. The lowest BCUT2D eigenvalue weighted by atomic mass is 10.2. The van der Waals surface area contributed by atoms with E-state index in [1.54, 1.807) is 31.3 Å². The van der Waals surface area contributed by atoms with Gasteiger partial charge in [0.2, 0.25) is 0 Å². The summed E-state index contributed by atoms with van der Waals surface area (Å²) in [4.78, 5) is 14.2. The van der Waals surface area contributed by atoms with Crippen LogP contribution in [-0.2, 0) is 10.0 Å². The minimum absolute atomic E-state index is 0.0463. The highest BCUT2D eigenvalue weighted by Gasteiger charge is 2.18. The van der Waals surface area contributed by atoms with Crippen molar-refractivity contribution < 1.29 is 22.7 Å². The van der Waals surface area contributed by atoms with Crippen molar-refractivity contribution in [2.24, 2.45) is 0 Å². The number of methoxy groups -OCH3 is 1. The van der Waals surface area contributed by atoms with Crippen molar-refractivity contribution in [2.45, 2.75) is 4.90 Å². The number of carbonyl (C=O) groups excluding carboxylic acids is 1. The lowest BCUT2D eigenvalue weighted by molar-refractivity contribution is 0.0773. The summed E-state index contributed by atoms with van der Waals surface area (Å²) in [6.45, 7) is 0.741. The van der Waals surface area contributed by atoms with E-state index in [0.29, 0.717) is 30.2 Å². The molecule has 0 aliphatic carbocycles. The molecule has 0 unspecified atom stereocenters. The summed E-state index contributed by atoms with van der Waals surface area (Å²) in [6, 6.07) is 21.9. The molecular weight excluding hydrogens is 416 g/mol. The molecule has 3 aromatic rings. The second-order valence-electron chi connectivity index (χ2n) is 6.72. The van der Waals surface area contributed by atoms with Crippen LogP contribution in [-0.4, -0.2) is 46.5 Å². The zero-order valence-electron chi connectivity index (χ0n) is 17.3. The largest absolute Gasteiger partial charge is 0.495 e. The van der Waals surface area contributed by atoms with Gasteiger partial charge in [-0.15, -0.1) is 0 Å². The van der Waals surface area contributed by atoms with Crippen LogP contribution >= 0.6 is 0 Å². The monoisotopic (exact) mass is 440 g/mol. The predicted octanol–water partition coefficient (Wildman–Crippen LogP) is 3.65. The third-order valence-corrected chi connectivity index (χ3v) is 5.93. The molecule has 0 atom stereocenters. The van der Waals surface area contributed by atoms with Gasteiger partial charge in [0.15, 0.2) is 0 Å².